The summed E-state index contributed by atoms with van der Waals surface area (Å²) < 4.78 is 5.70. The number of hydrogen-bond acceptors (Lipinski definition) is 3. The summed E-state index contributed by atoms with van der Waals surface area (Å²) >= 11 is 5.85. The molecule has 0 saturated heterocycles. The maximum Gasteiger partial charge on any atom is 0.261 e. The number of rotatable bonds is 5. The highest BCUT2D eigenvalue weighted by atomic mass is 35.5. The van der Waals surface area contributed by atoms with Gasteiger partial charge in [-0.2, -0.15) is 0 Å². The molecular formula is C20H17ClN2O3. The maximum absolute atomic E-state index is 12.3. The lowest BCUT2D eigenvalue weighted by Crippen LogP contribution is -2.24. The number of H-pyrrole nitrogens is 1. The monoisotopic (exact) mass is 368 g/mol. The van der Waals surface area contributed by atoms with Gasteiger partial charge in [-0.15, -0.1) is 0 Å². The highest BCUT2D eigenvalue weighted by Gasteiger charge is 2.13. The van der Waals surface area contributed by atoms with Crippen molar-refractivity contribution in [3.63, 3.8) is 0 Å². The summed E-state index contributed by atoms with van der Waals surface area (Å²) in [5.41, 5.74) is 1.90. The third kappa shape index (κ3) is 4.32. The van der Waals surface area contributed by atoms with Gasteiger partial charge in [0.15, 0.2) is 0 Å². The second-order valence-electron chi connectivity index (χ2n) is 5.76. The first kappa shape index (κ1) is 17.8. The van der Waals surface area contributed by atoms with Gasteiger partial charge in [0.1, 0.15) is 17.9 Å². The molecule has 3 aromatic rings. The first-order chi connectivity index (χ1) is 12.5. The molecule has 1 aromatic heterocycles. The number of aromatic nitrogens is 1. The van der Waals surface area contributed by atoms with Crippen molar-refractivity contribution in [2.75, 3.05) is 5.32 Å². The van der Waals surface area contributed by atoms with Gasteiger partial charge in [-0.3, -0.25) is 9.59 Å². The number of carbonyl (C=O) groups is 1. The molecule has 1 heterocycles. The van der Waals surface area contributed by atoms with E-state index in [9.17, 15) is 9.59 Å². The van der Waals surface area contributed by atoms with E-state index in [4.69, 9.17) is 16.3 Å². The molecule has 0 aliphatic rings. The van der Waals surface area contributed by atoms with Gasteiger partial charge >= 0.3 is 0 Å². The Bertz CT molecular complexity index is 964. The molecule has 2 N–H and O–H groups in total. The van der Waals surface area contributed by atoms with Gasteiger partial charge < -0.3 is 15.0 Å². The third-order valence-corrected chi connectivity index (χ3v) is 4.08. The van der Waals surface area contributed by atoms with Crippen LogP contribution in [0.3, 0.4) is 0 Å². The zero-order valence-electron chi connectivity index (χ0n) is 14.1. The van der Waals surface area contributed by atoms with Crippen molar-refractivity contribution in [3.8, 4) is 5.75 Å². The van der Waals surface area contributed by atoms with E-state index in [1.807, 2.05) is 24.3 Å². The van der Waals surface area contributed by atoms with E-state index in [1.54, 1.807) is 37.3 Å². The molecule has 0 saturated carbocycles. The topological polar surface area (TPSA) is 71.2 Å². The van der Waals surface area contributed by atoms with Crippen LogP contribution in [0, 0.1) is 6.92 Å². The number of halogens is 1. The van der Waals surface area contributed by atoms with Crippen LogP contribution in [0.4, 0.5) is 5.69 Å². The van der Waals surface area contributed by atoms with Crippen molar-refractivity contribution in [2.45, 2.75) is 13.5 Å². The minimum atomic E-state index is -0.445. The minimum absolute atomic E-state index is 0.107. The Balaban J connectivity index is 1.63. The number of benzene rings is 2. The van der Waals surface area contributed by atoms with Crippen molar-refractivity contribution in [3.05, 3.63) is 92.9 Å². The van der Waals surface area contributed by atoms with Crippen LogP contribution >= 0.6 is 11.6 Å². The Kier molecular flexibility index (Phi) is 5.39. The van der Waals surface area contributed by atoms with Crippen LogP contribution in [-0.2, 0) is 6.61 Å². The molecule has 0 aliphatic carbocycles. The van der Waals surface area contributed by atoms with Gasteiger partial charge in [-0.25, -0.2) is 0 Å². The Morgan fingerprint density at radius 3 is 2.42 bits per heavy atom. The normalized spacial score (nSPS) is 10.4. The van der Waals surface area contributed by atoms with Gasteiger partial charge in [-0.05, 0) is 60.5 Å². The standard InChI is InChI=1S/C20H17ClN2O3/c1-13-10-11-22-19(24)18(13)20(25)23-16-6-8-17(9-7-16)26-12-14-2-4-15(21)5-3-14/h2-11H,12H2,1H3,(H,22,24)(H,23,25). The molecule has 0 unspecified atom stereocenters. The summed E-state index contributed by atoms with van der Waals surface area (Å²) in [6.07, 6.45) is 1.52. The molecule has 2 aromatic carbocycles. The summed E-state index contributed by atoms with van der Waals surface area (Å²) in [6.45, 7) is 2.14. The van der Waals surface area contributed by atoms with Crippen molar-refractivity contribution in [2.24, 2.45) is 0 Å². The molecule has 1 amide bonds. The van der Waals surface area contributed by atoms with E-state index >= 15 is 0 Å². The molecule has 5 nitrogen and oxygen atoms in total. The molecular weight excluding hydrogens is 352 g/mol. The quantitative estimate of drug-likeness (QED) is 0.710. The van der Waals surface area contributed by atoms with Crippen molar-refractivity contribution in [1.29, 1.82) is 0 Å². The fourth-order valence-electron chi connectivity index (χ4n) is 2.43. The number of pyridine rings is 1. The molecule has 3 rings (SSSR count). The Labute approximate surface area is 155 Å². The fraction of sp³-hybridized carbons (Fsp3) is 0.100. The fourth-order valence-corrected chi connectivity index (χ4v) is 2.56. The number of nitrogens with one attached hydrogen (secondary N) is 2. The Hall–Kier alpha value is -3.05. The van der Waals surface area contributed by atoms with Crippen LogP contribution in [0.2, 0.25) is 5.02 Å². The number of carbonyl (C=O) groups excluding carboxylic acids is 1. The molecule has 26 heavy (non-hydrogen) atoms. The van der Waals surface area contributed by atoms with Crippen LogP contribution < -0.4 is 15.6 Å². The average molecular weight is 369 g/mol. The number of anilines is 1. The van der Waals surface area contributed by atoms with Gasteiger partial charge in [0.25, 0.3) is 11.5 Å². The number of hydrogen-bond donors (Lipinski definition) is 2. The van der Waals surface area contributed by atoms with E-state index in [0.717, 1.165) is 5.56 Å². The number of ether oxygens (including phenoxy) is 1. The molecule has 6 heteroatoms. The highest BCUT2D eigenvalue weighted by molar-refractivity contribution is 6.30. The predicted molar refractivity (Wildman–Crippen MR) is 102 cm³/mol. The minimum Gasteiger partial charge on any atom is -0.489 e. The average Bonchev–Trinajstić information content (AvgIpc) is 2.62. The lowest BCUT2D eigenvalue weighted by molar-refractivity contribution is 0.102. The maximum atomic E-state index is 12.3. The SMILES string of the molecule is Cc1cc[nH]c(=O)c1C(=O)Nc1ccc(OCc2ccc(Cl)cc2)cc1. The van der Waals surface area contributed by atoms with E-state index in [0.29, 0.717) is 28.6 Å². The van der Waals surface area contributed by atoms with E-state index < -0.39 is 11.5 Å². The third-order valence-electron chi connectivity index (χ3n) is 3.83. The highest BCUT2D eigenvalue weighted by Crippen LogP contribution is 2.18. The van der Waals surface area contributed by atoms with E-state index in [2.05, 4.69) is 10.3 Å². The lowest BCUT2D eigenvalue weighted by atomic mass is 10.1. The summed E-state index contributed by atoms with van der Waals surface area (Å²) in [4.78, 5) is 26.6. The molecule has 0 fully saturated rings. The van der Waals surface area contributed by atoms with Gasteiger partial charge in [0.05, 0.1) is 0 Å². The van der Waals surface area contributed by atoms with Crippen molar-refractivity contribution in [1.82, 2.24) is 4.98 Å². The van der Waals surface area contributed by atoms with Crippen LogP contribution in [0.5, 0.6) is 5.75 Å². The van der Waals surface area contributed by atoms with E-state index in [-0.39, 0.29) is 5.56 Å². The van der Waals surface area contributed by atoms with Gasteiger partial charge in [0.2, 0.25) is 0 Å². The second kappa shape index (κ2) is 7.89. The summed E-state index contributed by atoms with van der Waals surface area (Å²) in [7, 11) is 0. The first-order valence-electron chi connectivity index (χ1n) is 8.00. The van der Waals surface area contributed by atoms with Crippen molar-refractivity contribution >= 4 is 23.2 Å². The van der Waals surface area contributed by atoms with Crippen LogP contribution in [0.1, 0.15) is 21.5 Å². The number of aromatic amines is 1. The molecule has 0 aliphatic heterocycles. The zero-order valence-corrected chi connectivity index (χ0v) is 14.8. The molecule has 132 valence electrons. The summed E-state index contributed by atoms with van der Waals surface area (Å²) in [5.74, 6) is 0.228. The molecule has 0 atom stereocenters. The van der Waals surface area contributed by atoms with Gasteiger partial charge in [-0.1, -0.05) is 23.7 Å². The molecule has 0 radical (unpaired) electrons. The summed E-state index contributed by atoms with van der Waals surface area (Å²) in [5, 5.41) is 3.40. The van der Waals surface area contributed by atoms with Crippen LogP contribution in [-0.4, -0.2) is 10.9 Å². The summed E-state index contributed by atoms with van der Waals surface area (Å²) in [6, 6.07) is 16.1. The first-order valence-corrected chi connectivity index (χ1v) is 8.37. The smallest absolute Gasteiger partial charge is 0.261 e. The van der Waals surface area contributed by atoms with E-state index in [1.165, 1.54) is 6.20 Å². The van der Waals surface area contributed by atoms with Gasteiger partial charge in [0, 0.05) is 16.9 Å². The number of amides is 1. The Morgan fingerprint density at radius 1 is 1.08 bits per heavy atom. The number of aryl methyl sites for hydroxylation is 1. The van der Waals surface area contributed by atoms with Crippen LogP contribution in [0.25, 0.3) is 0 Å². The lowest BCUT2D eigenvalue weighted by Gasteiger charge is -2.09. The van der Waals surface area contributed by atoms with Crippen LogP contribution in [0.15, 0.2) is 65.6 Å². The zero-order chi connectivity index (χ0) is 18.5. The Morgan fingerprint density at radius 2 is 1.77 bits per heavy atom. The second-order valence-corrected chi connectivity index (χ2v) is 6.19. The molecule has 0 spiro atoms. The van der Waals surface area contributed by atoms with Crippen molar-refractivity contribution < 1.29 is 9.53 Å². The molecule has 0 bridgehead atoms. The largest absolute Gasteiger partial charge is 0.489 e. The predicted octanol–water partition coefficient (Wildman–Crippen LogP) is 4.17.